The lowest BCUT2D eigenvalue weighted by Gasteiger charge is -2.19. The summed E-state index contributed by atoms with van der Waals surface area (Å²) in [4.78, 5) is 28.7. The van der Waals surface area contributed by atoms with Crippen LogP contribution in [0.15, 0.2) is 12.7 Å². The van der Waals surface area contributed by atoms with Crippen molar-refractivity contribution in [2.45, 2.75) is 24.5 Å². The van der Waals surface area contributed by atoms with E-state index in [0.717, 1.165) is 6.08 Å². The van der Waals surface area contributed by atoms with Crippen molar-refractivity contribution in [3.05, 3.63) is 12.7 Å². The zero-order chi connectivity index (χ0) is 13.5. The lowest BCUT2D eigenvalue weighted by molar-refractivity contribution is -0.139. The van der Waals surface area contributed by atoms with Gasteiger partial charge in [-0.1, -0.05) is 6.08 Å². The van der Waals surface area contributed by atoms with Crippen molar-refractivity contribution in [2.75, 3.05) is 13.1 Å². The summed E-state index contributed by atoms with van der Waals surface area (Å²) in [5.41, 5.74) is 4.19. The van der Waals surface area contributed by atoms with Crippen LogP contribution in [0, 0.1) is 0 Å². The van der Waals surface area contributed by atoms with Crippen molar-refractivity contribution in [3.8, 4) is 0 Å². The summed E-state index contributed by atoms with van der Waals surface area (Å²) < 4.78 is 11.0. The number of carboxylic acid groups (broad SMARTS) is 1. The molecule has 0 amide bonds. The van der Waals surface area contributed by atoms with E-state index >= 15 is 0 Å². The number of hydrogen-bond acceptors (Lipinski definition) is 4. The van der Waals surface area contributed by atoms with Crippen LogP contribution < -0.4 is 11.1 Å². The third kappa shape index (κ3) is 6.55. The van der Waals surface area contributed by atoms with Gasteiger partial charge in [0.1, 0.15) is 6.04 Å². The van der Waals surface area contributed by atoms with Gasteiger partial charge in [0.2, 0.25) is 0 Å². The fraction of sp³-hybridized carbons (Fsp3) is 0.667. The quantitative estimate of drug-likeness (QED) is 0.280. The summed E-state index contributed by atoms with van der Waals surface area (Å²) in [5.74, 6) is -1.06. The molecule has 0 aromatic rings. The average molecular weight is 266 g/mol. The molecule has 1 unspecified atom stereocenters. The van der Waals surface area contributed by atoms with E-state index in [9.17, 15) is 9.36 Å². The van der Waals surface area contributed by atoms with Crippen molar-refractivity contribution in [1.82, 2.24) is 5.32 Å². The predicted octanol–water partition coefficient (Wildman–Crippen LogP) is -0.500. The van der Waals surface area contributed by atoms with Crippen LogP contribution in [0.3, 0.4) is 0 Å². The minimum atomic E-state index is -4.29. The maximum absolute atomic E-state index is 11.0. The third-order valence-corrected chi connectivity index (χ3v) is 3.53. The van der Waals surface area contributed by atoms with E-state index in [0.29, 0.717) is 19.4 Å². The Bertz CT molecular complexity index is 304. The van der Waals surface area contributed by atoms with Gasteiger partial charge in [0.05, 0.1) is 5.66 Å². The van der Waals surface area contributed by atoms with Gasteiger partial charge < -0.3 is 25.9 Å². The standard InChI is InChI=1S/C9H19N2O5P/c1-2-7(17(14,15)16)6-11-8(9(12)13)4-3-5-10/h2,7-8,11H,1,3-6,10H2,(H,12,13)(H2,14,15,16)/t7?,8-/m0/s1. The van der Waals surface area contributed by atoms with Crippen LogP contribution in [0.5, 0.6) is 0 Å². The first-order valence-electron chi connectivity index (χ1n) is 5.17. The zero-order valence-corrected chi connectivity index (χ0v) is 10.3. The zero-order valence-electron chi connectivity index (χ0n) is 9.45. The summed E-state index contributed by atoms with van der Waals surface area (Å²) in [5, 5.41) is 11.5. The van der Waals surface area contributed by atoms with Crippen molar-refractivity contribution in [2.24, 2.45) is 5.73 Å². The molecule has 0 radical (unpaired) electrons. The van der Waals surface area contributed by atoms with E-state index in [1.165, 1.54) is 0 Å². The molecule has 6 N–H and O–H groups in total. The van der Waals surface area contributed by atoms with Gasteiger partial charge in [0, 0.05) is 6.54 Å². The highest BCUT2D eigenvalue weighted by Gasteiger charge is 2.27. The van der Waals surface area contributed by atoms with Gasteiger partial charge in [-0.15, -0.1) is 6.58 Å². The van der Waals surface area contributed by atoms with Gasteiger partial charge in [-0.25, -0.2) is 0 Å². The first kappa shape index (κ1) is 16.3. The normalized spacial score (nSPS) is 15.2. The van der Waals surface area contributed by atoms with Crippen LogP contribution in [0.1, 0.15) is 12.8 Å². The molecule has 0 aliphatic carbocycles. The van der Waals surface area contributed by atoms with E-state index < -0.39 is 25.3 Å². The highest BCUT2D eigenvalue weighted by molar-refractivity contribution is 7.52. The van der Waals surface area contributed by atoms with Crippen LogP contribution >= 0.6 is 7.60 Å². The molecule has 0 fully saturated rings. The molecule has 0 saturated carbocycles. The summed E-state index contributed by atoms with van der Waals surface area (Å²) in [7, 11) is -4.29. The van der Waals surface area contributed by atoms with Crippen LogP contribution in [0.2, 0.25) is 0 Å². The SMILES string of the molecule is C=CC(CN[C@@H](CCCN)C(=O)O)P(=O)(O)O. The number of nitrogens with one attached hydrogen (secondary N) is 1. The lowest BCUT2D eigenvalue weighted by Crippen LogP contribution is -2.40. The van der Waals surface area contributed by atoms with E-state index in [-0.39, 0.29) is 6.54 Å². The Kier molecular flexibility index (Phi) is 7.26. The maximum Gasteiger partial charge on any atom is 0.333 e. The molecule has 0 heterocycles. The molecule has 0 aromatic carbocycles. The summed E-state index contributed by atoms with van der Waals surface area (Å²) in [6, 6.07) is -0.854. The van der Waals surface area contributed by atoms with Crippen LogP contribution in [0.25, 0.3) is 0 Å². The number of hydrogen-bond donors (Lipinski definition) is 5. The molecule has 2 atom stereocenters. The fourth-order valence-electron chi connectivity index (χ4n) is 1.24. The minimum absolute atomic E-state index is 0.130. The first-order chi connectivity index (χ1) is 7.82. The molecule has 0 rings (SSSR count). The number of rotatable bonds is 9. The van der Waals surface area contributed by atoms with Crippen molar-refractivity contribution in [1.29, 1.82) is 0 Å². The molecule has 0 aromatic heterocycles. The molecule has 17 heavy (non-hydrogen) atoms. The molecule has 7 nitrogen and oxygen atoms in total. The van der Waals surface area contributed by atoms with E-state index in [2.05, 4.69) is 11.9 Å². The highest BCUT2D eigenvalue weighted by Crippen LogP contribution is 2.41. The molecule has 100 valence electrons. The second kappa shape index (κ2) is 7.58. The topological polar surface area (TPSA) is 133 Å². The van der Waals surface area contributed by atoms with E-state index in [1.54, 1.807) is 0 Å². The molecule has 0 bridgehead atoms. The monoisotopic (exact) mass is 266 g/mol. The van der Waals surface area contributed by atoms with Gasteiger partial charge in [0.25, 0.3) is 0 Å². The second-order valence-corrected chi connectivity index (χ2v) is 5.46. The van der Waals surface area contributed by atoms with Gasteiger partial charge >= 0.3 is 13.6 Å². The number of carbonyl (C=O) groups is 1. The van der Waals surface area contributed by atoms with Crippen LogP contribution in [-0.2, 0) is 9.36 Å². The third-order valence-electron chi connectivity index (χ3n) is 2.27. The van der Waals surface area contributed by atoms with Crippen molar-refractivity contribution < 1.29 is 24.3 Å². The molecule has 8 heteroatoms. The van der Waals surface area contributed by atoms with Gasteiger partial charge in [-0.2, -0.15) is 0 Å². The fourth-order valence-corrected chi connectivity index (χ4v) is 1.86. The Balaban J connectivity index is 4.33. The molecule has 0 aliphatic heterocycles. The van der Waals surface area contributed by atoms with E-state index in [1.807, 2.05) is 0 Å². The Morgan fingerprint density at radius 1 is 1.53 bits per heavy atom. The molecule has 0 saturated heterocycles. The molecular weight excluding hydrogens is 247 g/mol. The summed E-state index contributed by atoms with van der Waals surface area (Å²) in [6.45, 7) is 3.55. The van der Waals surface area contributed by atoms with Crippen LogP contribution in [-0.4, -0.2) is 45.7 Å². The average Bonchev–Trinajstić information content (AvgIpc) is 2.20. The van der Waals surface area contributed by atoms with E-state index in [4.69, 9.17) is 20.6 Å². The number of carboxylic acids is 1. The summed E-state index contributed by atoms with van der Waals surface area (Å²) in [6.07, 6.45) is 1.96. The first-order valence-corrected chi connectivity index (χ1v) is 6.85. The smallest absolute Gasteiger partial charge is 0.333 e. The predicted molar refractivity (Wildman–Crippen MR) is 63.7 cm³/mol. The summed E-state index contributed by atoms with van der Waals surface area (Å²) >= 11 is 0. The van der Waals surface area contributed by atoms with Gasteiger partial charge in [-0.3, -0.25) is 9.36 Å². The molecular formula is C9H19N2O5P. The van der Waals surface area contributed by atoms with Crippen LogP contribution in [0.4, 0.5) is 0 Å². The number of aliphatic carboxylic acids is 1. The Morgan fingerprint density at radius 3 is 2.47 bits per heavy atom. The number of nitrogens with two attached hydrogens (primary N) is 1. The highest BCUT2D eigenvalue weighted by atomic mass is 31.2. The molecule has 0 aliphatic rings. The van der Waals surface area contributed by atoms with Crippen molar-refractivity contribution >= 4 is 13.6 Å². The Hall–Kier alpha value is -0.720. The maximum atomic E-state index is 11.0. The second-order valence-electron chi connectivity index (χ2n) is 3.62. The lowest BCUT2D eigenvalue weighted by atomic mass is 10.1. The minimum Gasteiger partial charge on any atom is -0.480 e. The van der Waals surface area contributed by atoms with Crippen molar-refractivity contribution in [3.63, 3.8) is 0 Å². The molecule has 0 spiro atoms. The Labute approximate surface area is 99.9 Å². The van der Waals surface area contributed by atoms with Gasteiger partial charge in [-0.05, 0) is 19.4 Å². The van der Waals surface area contributed by atoms with Gasteiger partial charge in [0.15, 0.2) is 0 Å². The Morgan fingerprint density at radius 2 is 2.12 bits per heavy atom. The largest absolute Gasteiger partial charge is 0.480 e.